The Hall–Kier alpha value is -4.01. The predicted molar refractivity (Wildman–Crippen MR) is 107 cm³/mol. The van der Waals surface area contributed by atoms with Crippen LogP contribution in [0.25, 0.3) is 0 Å². The normalized spacial score (nSPS) is 11.1. The number of Topliss-reactive ketones (excluding diaryl/α,β-unsaturated/α-hetero) is 1. The lowest BCUT2D eigenvalue weighted by Gasteiger charge is -2.12. The van der Waals surface area contributed by atoms with Crippen molar-refractivity contribution in [3.8, 4) is 0 Å². The summed E-state index contributed by atoms with van der Waals surface area (Å²) in [5.74, 6) is -1.16. The number of hydrogen-bond donors (Lipinski definition) is 1. The maximum atomic E-state index is 12.9. The highest BCUT2D eigenvalue weighted by molar-refractivity contribution is 6.10. The number of rotatable bonds is 6. The fourth-order valence-electron chi connectivity index (χ4n) is 2.93. The number of benzene rings is 3. The smallest absolute Gasteiger partial charge is 0.321 e. The highest BCUT2D eigenvalue weighted by Gasteiger charge is 2.30. The van der Waals surface area contributed by atoms with Crippen LogP contribution in [0, 0.1) is 10.1 Å². The third-order valence-corrected chi connectivity index (χ3v) is 4.41. The second-order valence-corrected chi connectivity index (χ2v) is 6.61. The average Bonchev–Trinajstić information content (AvgIpc) is 2.73. The van der Waals surface area contributed by atoms with Crippen LogP contribution in [0.5, 0.6) is 0 Å². The monoisotopic (exact) mass is 428 g/mol. The van der Waals surface area contributed by atoms with E-state index in [4.69, 9.17) is 0 Å². The van der Waals surface area contributed by atoms with Gasteiger partial charge in [0.05, 0.1) is 16.2 Å². The molecule has 9 heteroatoms. The fraction of sp³-hybridized carbons (Fsp3) is 0.0909. The number of para-hydroxylation sites is 1. The minimum Gasteiger partial charge on any atom is -0.321 e. The van der Waals surface area contributed by atoms with Gasteiger partial charge in [0.1, 0.15) is 0 Å². The summed E-state index contributed by atoms with van der Waals surface area (Å²) >= 11 is 0. The van der Waals surface area contributed by atoms with Crippen LogP contribution < -0.4 is 5.32 Å². The van der Waals surface area contributed by atoms with Crippen LogP contribution >= 0.6 is 0 Å². The van der Waals surface area contributed by atoms with Gasteiger partial charge in [0.25, 0.3) is 11.6 Å². The molecule has 0 saturated carbocycles. The van der Waals surface area contributed by atoms with Crippen LogP contribution in [-0.4, -0.2) is 16.6 Å². The highest BCUT2D eigenvalue weighted by atomic mass is 19.4. The van der Waals surface area contributed by atoms with E-state index >= 15 is 0 Å². The molecule has 0 unspecified atom stereocenters. The molecular formula is C22H15F3N2O4. The van der Waals surface area contributed by atoms with E-state index in [2.05, 4.69) is 5.32 Å². The molecule has 0 atom stereocenters. The Labute approximate surface area is 174 Å². The molecule has 1 N–H and O–H groups in total. The zero-order chi connectivity index (χ0) is 22.6. The third kappa shape index (κ3) is 5.33. The number of nitrogens with zero attached hydrogens (tertiary/aromatic N) is 1. The molecule has 0 aliphatic heterocycles. The zero-order valence-electron chi connectivity index (χ0n) is 15.8. The first-order chi connectivity index (χ1) is 14.6. The van der Waals surface area contributed by atoms with Crippen LogP contribution in [0.2, 0.25) is 0 Å². The molecule has 31 heavy (non-hydrogen) atoms. The van der Waals surface area contributed by atoms with E-state index in [-0.39, 0.29) is 34.5 Å². The zero-order valence-corrected chi connectivity index (χ0v) is 15.8. The highest BCUT2D eigenvalue weighted by Crippen LogP contribution is 2.30. The second kappa shape index (κ2) is 8.78. The number of non-ortho nitro benzene ring substituents is 1. The summed E-state index contributed by atoms with van der Waals surface area (Å²) < 4.78 is 38.7. The fourth-order valence-corrected chi connectivity index (χ4v) is 2.93. The number of hydrogen-bond acceptors (Lipinski definition) is 4. The van der Waals surface area contributed by atoms with Crippen molar-refractivity contribution in [2.45, 2.75) is 12.6 Å². The van der Waals surface area contributed by atoms with Gasteiger partial charge in [-0.15, -0.1) is 0 Å². The summed E-state index contributed by atoms with van der Waals surface area (Å²) in [6.45, 7) is 0. The number of carbonyl (C=O) groups excluding carboxylic acids is 2. The lowest BCUT2D eigenvalue weighted by atomic mass is 10.00. The molecule has 3 rings (SSSR count). The molecule has 0 aliphatic carbocycles. The average molecular weight is 428 g/mol. The second-order valence-electron chi connectivity index (χ2n) is 6.61. The molecule has 0 bridgehead atoms. The molecule has 3 aromatic carbocycles. The van der Waals surface area contributed by atoms with Crippen LogP contribution in [-0.2, 0) is 12.6 Å². The Morgan fingerprint density at radius 3 is 2.35 bits per heavy atom. The van der Waals surface area contributed by atoms with Crippen molar-refractivity contribution in [3.05, 3.63) is 105 Å². The molecule has 3 aromatic rings. The standard InChI is InChI=1S/C22H15F3N2O4/c23-22(24,25)16-7-3-5-14(11-16)12-20(28)18-9-1-2-10-19(18)26-21(29)15-6-4-8-17(13-15)27(30)31/h1-11,13H,12H2,(H,26,29). The van der Waals surface area contributed by atoms with Gasteiger partial charge < -0.3 is 5.32 Å². The molecule has 1 amide bonds. The van der Waals surface area contributed by atoms with Crippen molar-refractivity contribution in [1.82, 2.24) is 0 Å². The van der Waals surface area contributed by atoms with Crippen molar-refractivity contribution < 1.29 is 27.7 Å². The Bertz CT molecular complexity index is 1160. The number of amides is 1. The molecule has 0 saturated heterocycles. The van der Waals surface area contributed by atoms with E-state index < -0.39 is 28.4 Å². The Morgan fingerprint density at radius 2 is 1.65 bits per heavy atom. The van der Waals surface area contributed by atoms with Crippen molar-refractivity contribution in [1.29, 1.82) is 0 Å². The number of nitro groups is 1. The molecule has 158 valence electrons. The van der Waals surface area contributed by atoms with Gasteiger partial charge >= 0.3 is 6.18 Å². The predicted octanol–water partition coefficient (Wildman–Crippen LogP) is 5.29. The van der Waals surface area contributed by atoms with E-state index in [1.165, 1.54) is 42.5 Å². The van der Waals surface area contributed by atoms with Crippen LogP contribution in [0.1, 0.15) is 31.8 Å². The number of nitro benzene ring substituents is 1. The summed E-state index contributed by atoms with van der Waals surface area (Å²) in [5, 5.41) is 13.4. The van der Waals surface area contributed by atoms with Crippen LogP contribution in [0.3, 0.4) is 0 Å². The van der Waals surface area contributed by atoms with Gasteiger partial charge in [-0.3, -0.25) is 19.7 Å². The minimum atomic E-state index is -4.52. The van der Waals surface area contributed by atoms with Gasteiger partial charge in [-0.1, -0.05) is 36.4 Å². The Balaban J connectivity index is 1.82. The number of alkyl halides is 3. The molecule has 0 fully saturated rings. The maximum Gasteiger partial charge on any atom is 0.416 e. The van der Waals surface area contributed by atoms with E-state index in [0.29, 0.717) is 0 Å². The minimum absolute atomic E-state index is 0.0225. The largest absolute Gasteiger partial charge is 0.416 e. The summed E-state index contributed by atoms with van der Waals surface area (Å²) in [7, 11) is 0. The number of anilines is 1. The van der Waals surface area contributed by atoms with E-state index in [0.717, 1.165) is 18.2 Å². The maximum absolute atomic E-state index is 12.9. The number of halogens is 3. The van der Waals surface area contributed by atoms with Crippen molar-refractivity contribution >= 4 is 23.1 Å². The summed E-state index contributed by atoms with van der Waals surface area (Å²) in [4.78, 5) is 35.5. The van der Waals surface area contributed by atoms with Crippen LogP contribution in [0.15, 0.2) is 72.8 Å². The van der Waals surface area contributed by atoms with Gasteiger partial charge in [-0.2, -0.15) is 13.2 Å². The van der Waals surface area contributed by atoms with Gasteiger partial charge in [0.2, 0.25) is 0 Å². The first-order valence-electron chi connectivity index (χ1n) is 8.99. The molecule has 0 aliphatic rings. The van der Waals surface area contributed by atoms with Gasteiger partial charge in [-0.05, 0) is 29.8 Å². The lowest BCUT2D eigenvalue weighted by molar-refractivity contribution is -0.384. The quantitative estimate of drug-likeness (QED) is 0.328. The molecular weight excluding hydrogens is 413 g/mol. The first kappa shape index (κ1) is 21.7. The van der Waals surface area contributed by atoms with Crippen LogP contribution in [0.4, 0.5) is 24.5 Å². The van der Waals surface area contributed by atoms with E-state index in [1.54, 1.807) is 12.1 Å². The van der Waals surface area contributed by atoms with Crippen molar-refractivity contribution in [3.63, 3.8) is 0 Å². The Kier molecular flexibility index (Phi) is 6.15. The SMILES string of the molecule is O=C(Nc1ccccc1C(=O)Cc1cccc(C(F)(F)F)c1)c1cccc([N+](=O)[O-])c1. The number of nitrogens with one attached hydrogen (secondary N) is 1. The summed E-state index contributed by atoms with van der Waals surface area (Å²) in [6.07, 6.45) is -4.82. The van der Waals surface area contributed by atoms with Crippen molar-refractivity contribution in [2.75, 3.05) is 5.32 Å². The summed E-state index contributed by atoms with van der Waals surface area (Å²) in [5.41, 5.74) is -0.657. The van der Waals surface area contributed by atoms with E-state index in [1.807, 2.05) is 0 Å². The lowest BCUT2D eigenvalue weighted by Crippen LogP contribution is -2.16. The molecule has 0 aromatic heterocycles. The van der Waals surface area contributed by atoms with Gasteiger partial charge in [-0.25, -0.2) is 0 Å². The van der Waals surface area contributed by atoms with Gasteiger partial charge in [0, 0.05) is 29.7 Å². The topological polar surface area (TPSA) is 89.3 Å². The first-order valence-corrected chi connectivity index (χ1v) is 8.99. The van der Waals surface area contributed by atoms with Gasteiger partial charge in [0.15, 0.2) is 5.78 Å². The molecule has 0 spiro atoms. The Morgan fingerprint density at radius 1 is 0.935 bits per heavy atom. The molecule has 6 nitrogen and oxygen atoms in total. The summed E-state index contributed by atoms with van der Waals surface area (Å²) in [6, 6.07) is 15.6. The number of carbonyl (C=O) groups is 2. The van der Waals surface area contributed by atoms with Crippen molar-refractivity contribution in [2.24, 2.45) is 0 Å². The molecule has 0 radical (unpaired) electrons. The number of ketones is 1. The molecule has 0 heterocycles. The third-order valence-electron chi connectivity index (χ3n) is 4.41. The van der Waals surface area contributed by atoms with E-state index in [9.17, 15) is 32.9 Å².